The van der Waals surface area contributed by atoms with Crippen molar-refractivity contribution in [1.82, 2.24) is 15.0 Å². The average molecular weight is 248 g/mol. The summed E-state index contributed by atoms with van der Waals surface area (Å²) >= 11 is 0. The molecule has 4 rings (SSSR count). The standard InChI is InChI=1S/C13H20N4O/c14-9-5-10-3-4-11(6-9)17(10)7-12-15-13(16-18-12)8-1-2-8/h8-11H,1-7,14H2. The Kier molecular flexibility index (Phi) is 2.45. The van der Waals surface area contributed by atoms with E-state index in [4.69, 9.17) is 10.3 Å². The van der Waals surface area contributed by atoms with Crippen molar-refractivity contribution >= 4 is 0 Å². The van der Waals surface area contributed by atoms with Gasteiger partial charge in [-0.1, -0.05) is 5.16 Å². The van der Waals surface area contributed by atoms with Crippen molar-refractivity contribution in [3.8, 4) is 0 Å². The molecule has 5 heteroatoms. The molecular formula is C13H20N4O. The number of aromatic nitrogens is 2. The van der Waals surface area contributed by atoms with Gasteiger partial charge < -0.3 is 10.3 Å². The van der Waals surface area contributed by atoms with Gasteiger partial charge in [-0.2, -0.15) is 4.98 Å². The maximum absolute atomic E-state index is 6.09. The lowest BCUT2D eigenvalue weighted by Gasteiger charge is -2.36. The van der Waals surface area contributed by atoms with Crippen LogP contribution < -0.4 is 5.73 Å². The largest absolute Gasteiger partial charge is 0.338 e. The highest BCUT2D eigenvalue weighted by atomic mass is 16.5. The summed E-state index contributed by atoms with van der Waals surface area (Å²) < 4.78 is 5.39. The Labute approximate surface area is 107 Å². The molecule has 2 N–H and O–H groups in total. The van der Waals surface area contributed by atoms with Crippen molar-refractivity contribution in [3.63, 3.8) is 0 Å². The van der Waals surface area contributed by atoms with E-state index in [-0.39, 0.29) is 0 Å². The molecule has 0 amide bonds. The molecule has 3 fully saturated rings. The van der Waals surface area contributed by atoms with Crippen molar-refractivity contribution in [1.29, 1.82) is 0 Å². The number of hydrogen-bond acceptors (Lipinski definition) is 5. The van der Waals surface area contributed by atoms with E-state index in [1.165, 1.54) is 25.7 Å². The molecule has 3 heterocycles. The van der Waals surface area contributed by atoms with Crippen LogP contribution in [-0.2, 0) is 6.54 Å². The topological polar surface area (TPSA) is 68.2 Å². The van der Waals surface area contributed by atoms with E-state index in [1.807, 2.05) is 0 Å². The number of nitrogens with zero attached hydrogens (tertiary/aromatic N) is 3. The van der Waals surface area contributed by atoms with Crippen molar-refractivity contribution in [2.75, 3.05) is 0 Å². The molecule has 1 saturated carbocycles. The third kappa shape index (κ3) is 1.86. The first-order valence-corrected chi connectivity index (χ1v) is 7.13. The third-order valence-corrected chi connectivity index (χ3v) is 4.66. The van der Waals surface area contributed by atoms with Crippen LogP contribution in [0.5, 0.6) is 0 Å². The number of rotatable bonds is 3. The van der Waals surface area contributed by atoms with E-state index >= 15 is 0 Å². The molecule has 2 unspecified atom stereocenters. The van der Waals surface area contributed by atoms with E-state index in [1.54, 1.807) is 0 Å². The monoisotopic (exact) mass is 248 g/mol. The third-order valence-electron chi connectivity index (χ3n) is 4.66. The van der Waals surface area contributed by atoms with Gasteiger partial charge in [-0.25, -0.2) is 0 Å². The van der Waals surface area contributed by atoms with Gasteiger partial charge in [-0.05, 0) is 38.5 Å². The zero-order chi connectivity index (χ0) is 12.1. The maximum atomic E-state index is 6.09. The van der Waals surface area contributed by atoms with Crippen molar-refractivity contribution in [2.45, 2.75) is 69.1 Å². The molecule has 2 atom stereocenters. The lowest BCUT2D eigenvalue weighted by molar-refractivity contribution is 0.105. The van der Waals surface area contributed by atoms with Gasteiger partial charge in [0.1, 0.15) is 0 Å². The molecule has 3 aliphatic rings. The van der Waals surface area contributed by atoms with Crippen LogP contribution in [-0.4, -0.2) is 33.2 Å². The predicted octanol–water partition coefficient (Wildman–Crippen LogP) is 1.40. The summed E-state index contributed by atoms with van der Waals surface area (Å²) in [7, 11) is 0. The Morgan fingerprint density at radius 2 is 1.89 bits per heavy atom. The van der Waals surface area contributed by atoms with Gasteiger partial charge in [-0.3, -0.25) is 4.90 Å². The molecule has 0 spiro atoms. The molecule has 2 saturated heterocycles. The van der Waals surface area contributed by atoms with Gasteiger partial charge in [0.2, 0.25) is 5.89 Å². The summed E-state index contributed by atoms with van der Waals surface area (Å²) in [6.45, 7) is 0.821. The first-order chi connectivity index (χ1) is 8.79. The highest BCUT2D eigenvalue weighted by Gasteiger charge is 2.40. The van der Waals surface area contributed by atoms with Crippen LogP contribution in [0, 0.1) is 0 Å². The Morgan fingerprint density at radius 1 is 1.17 bits per heavy atom. The molecule has 2 aliphatic heterocycles. The van der Waals surface area contributed by atoms with E-state index in [0.29, 0.717) is 24.0 Å². The molecule has 5 nitrogen and oxygen atoms in total. The number of piperidine rings is 1. The minimum absolute atomic E-state index is 0.392. The summed E-state index contributed by atoms with van der Waals surface area (Å²) in [5.74, 6) is 2.30. The Hall–Kier alpha value is -0.940. The van der Waals surface area contributed by atoms with Gasteiger partial charge in [0.15, 0.2) is 5.82 Å². The Balaban J connectivity index is 1.47. The van der Waals surface area contributed by atoms with Crippen LogP contribution in [0.15, 0.2) is 4.52 Å². The number of fused-ring (bicyclic) bond motifs is 2. The number of hydrogen-bond donors (Lipinski definition) is 1. The fraction of sp³-hybridized carbons (Fsp3) is 0.846. The maximum Gasteiger partial charge on any atom is 0.240 e. The van der Waals surface area contributed by atoms with Gasteiger partial charge in [0.05, 0.1) is 6.54 Å². The van der Waals surface area contributed by atoms with Gasteiger partial charge in [0.25, 0.3) is 0 Å². The van der Waals surface area contributed by atoms with Crippen LogP contribution in [0.25, 0.3) is 0 Å². The van der Waals surface area contributed by atoms with Gasteiger partial charge in [-0.15, -0.1) is 0 Å². The zero-order valence-corrected chi connectivity index (χ0v) is 10.6. The van der Waals surface area contributed by atoms with E-state index in [2.05, 4.69) is 15.0 Å². The van der Waals surface area contributed by atoms with Crippen molar-refractivity contribution in [2.24, 2.45) is 5.73 Å². The van der Waals surface area contributed by atoms with E-state index < -0.39 is 0 Å². The summed E-state index contributed by atoms with van der Waals surface area (Å²) in [4.78, 5) is 7.07. The van der Waals surface area contributed by atoms with Crippen molar-refractivity contribution in [3.05, 3.63) is 11.7 Å². The quantitative estimate of drug-likeness (QED) is 0.875. The molecule has 1 aromatic rings. The van der Waals surface area contributed by atoms with Gasteiger partial charge in [0, 0.05) is 24.0 Å². The van der Waals surface area contributed by atoms with E-state index in [9.17, 15) is 0 Å². The van der Waals surface area contributed by atoms with Crippen LogP contribution in [0.1, 0.15) is 56.2 Å². The first-order valence-electron chi connectivity index (χ1n) is 7.13. The molecule has 2 bridgehead atoms. The molecular weight excluding hydrogens is 228 g/mol. The minimum Gasteiger partial charge on any atom is -0.338 e. The molecule has 18 heavy (non-hydrogen) atoms. The normalized spacial score (nSPS) is 36.2. The Morgan fingerprint density at radius 3 is 2.56 bits per heavy atom. The predicted molar refractivity (Wildman–Crippen MR) is 65.8 cm³/mol. The fourth-order valence-electron chi connectivity index (χ4n) is 3.57. The second-order valence-electron chi connectivity index (χ2n) is 6.11. The first kappa shape index (κ1) is 10.9. The molecule has 98 valence electrons. The van der Waals surface area contributed by atoms with E-state index in [0.717, 1.165) is 31.1 Å². The number of nitrogens with two attached hydrogens (primary N) is 1. The van der Waals surface area contributed by atoms with Crippen LogP contribution in [0.4, 0.5) is 0 Å². The lowest BCUT2D eigenvalue weighted by atomic mass is 9.98. The SMILES string of the molecule is NC1CC2CCC(C1)N2Cc1nc(C2CC2)no1. The summed E-state index contributed by atoms with van der Waals surface area (Å²) in [5, 5.41) is 4.09. The van der Waals surface area contributed by atoms with Crippen molar-refractivity contribution < 1.29 is 4.52 Å². The fourth-order valence-corrected chi connectivity index (χ4v) is 3.57. The summed E-state index contributed by atoms with van der Waals surface area (Å²) in [5.41, 5.74) is 6.09. The minimum atomic E-state index is 0.392. The smallest absolute Gasteiger partial charge is 0.240 e. The molecule has 0 radical (unpaired) electrons. The van der Waals surface area contributed by atoms with Crippen LogP contribution >= 0.6 is 0 Å². The highest BCUT2D eigenvalue weighted by Crippen LogP contribution is 2.39. The second kappa shape index (κ2) is 4.03. The lowest BCUT2D eigenvalue weighted by Crippen LogP contribution is -2.46. The molecule has 1 aromatic heterocycles. The highest BCUT2D eigenvalue weighted by molar-refractivity contribution is 5.04. The van der Waals surface area contributed by atoms with Crippen LogP contribution in [0.2, 0.25) is 0 Å². The average Bonchev–Trinajstić information content (AvgIpc) is 3.05. The summed E-state index contributed by atoms with van der Waals surface area (Å²) in [6.07, 6.45) is 7.26. The van der Waals surface area contributed by atoms with Crippen LogP contribution in [0.3, 0.4) is 0 Å². The molecule has 0 aromatic carbocycles. The second-order valence-corrected chi connectivity index (χ2v) is 6.11. The Bertz CT molecular complexity index is 428. The molecule has 1 aliphatic carbocycles. The summed E-state index contributed by atoms with van der Waals surface area (Å²) in [6, 6.07) is 1.66. The van der Waals surface area contributed by atoms with Gasteiger partial charge >= 0.3 is 0 Å². The zero-order valence-electron chi connectivity index (χ0n) is 10.6.